The van der Waals surface area contributed by atoms with Crippen LogP contribution in [0.5, 0.6) is 0 Å². The second-order valence-corrected chi connectivity index (χ2v) is 5.22. The molecule has 20 heavy (non-hydrogen) atoms. The maximum atomic E-state index is 6.14. The van der Waals surface area contributed by atoms with Gasteiger partial charge in [-0.2, -0.15) is 10.2 Å². The first-order valence-corrected chi connectivity index (χ1v) is 7.48. The van der Waals surface area contributed by atoms with Gasteiger partial charge in [0.25, 0.3) is 0 Å². The van der Waals surface area contributed by atoms with Gasteiger partial charge in [-0.15, -0.1) is 0 Å². The van der Waals surface area contributed by atoms with Gasteiger partial charge in [0.05, 0.1) is 29.3 Å². The third-order valence-corrected chi connectivity index (χ3v) is 3.86. The number of anilines is 1. The normalized spacial score (nSPS) is 12.8. The summed E-state index contributed by atoms with van der Waals surface area (Å²) >= 11 is 0. The van der Waals surface area contributed by atoms with Crippen LogP contribution in [0.1, 0.15) is 57.2 Å². The highest BCUT2D eigenvalue weighted by atomic mass is 15.3. The summed E-state index contributed by atoms with van der Waals surface area (Å²) in [7, 11) is 0. The van der Waals surface area contributed by atoms with Crippen molar-refractivity contribution >= 4 is 5.69 Å². The number of nitrogens with zero attached hydrogens (tertiary/aromatic N) is 4. The van der Waals surface area contributed by atoms with Gasteiger partial charge in [-0.05, 0) is 32.3 Å². The van der Waals surface area contributed by atoms with Crippen molar-refractivity contribution in [3.8, 4) is 0 Å². The molecule has 2 aromatic rings. The van der Waals surface area contributed by atoms with Crippen molar-refractivity contribution in [2.24, 2.45) is 0 Å². The van der Waals surface area contributed by atoms with Crippen LogP contribution < -0.4 is 5.73 Å². The largest absolute Gasteiger partial charge is 0.396 e. The predicted octanol–water partition coefficient (Wildman–Crippen LogP) is 2.81. The van der Waals surface area contributed by atoms with Crippen LogP contribution in [0.4, 0.5) is 5.69 Å². The Hall–Kier alpha value is -1.78. The zero-order chi connectivity index (χ0) is 14.7. The van der Waals surface area contributed by atoms with E-state index in [0.717, 1.165) is 42.0 Å². The van der Waals surface area contributed by atoms with Crippen molar-refractivity contribution in [1.82, 2.24) is 19.6 Å². The molecule has 5 heteroatoms. The minimum absolute atomic E-state index is 0.434. The molecule has 2 N–H and O–H groups in total. The average Bonchev–Trinajstić information content (AvgIpc) is 3.03. The molecule has 0 aliphatic heterocycles. The predicted molar refractivity (Wildman–Crippen MR) is 81.7 cm³/mol. The van der Waals surface area contributed by atoms with E-state index >= 15 is 0 Å². The number of hydrogen-bond donors (Lipinski definition) is 1. The van der Waals surface area contributed by atoms with E-state index in [0.29, 0.717) is 12.6 Å². The first kappa shape index (κ1) is 14.6. The summed E-state index contributed by atoms with van der Waals surface area (Å²) in [6.07, 6.45) is 4.89. The molecule has 0 aliphatic rings. The van der Waals surface area contributed by atoms with E-state index in [1.807, 2.05) is 15.6 Å². The Balaban J connectivity index is 2.23. The monoisotopic (exact) mass is 275 g/mol. The maximum absolute atomic E-state index is 6.14. The Morgan fingerprint density at radius 1 is 1.20 bits per heavy atom. The molecule has 0 bridgehead atoms. The van der Waals surface area contributed by atoms with Gasteiger partial charge in [0.2, 0.25) is 0 Å². The van der Waals surface area contributed by atoms with Gasteiger partial charge in [0.15, 0.2) is 0 Å². The van der Waals surface area contributed by atoms with Gasteiger partial charge in [0.1, 0.15) is 0 Å². The molecule has 0 saturated carbocycles. The summed E-state index contributed by atoms with van der Waals surface area (Å²) in [5.41, 5.74) is 10.1. The summed E-state index contributed by atoms with van der Waals surface area (Å²) in [5, 5.41) is 9.24. The smallest absolute Gasteiger partial charge is 0.0854 e. The lowest BCUT2D eigenvalue weighted by Gasteiger charge is -2.08. The van der Waals surface area contributed by atoms with Gasteiger partial charge < -0.3 is 5.73 Å². The first-order valence-electron chi connectivity index (χ1n) is 7.48. The Bertz CT molecular complexity index is 567. The first-order chi connectivity index (χ1) is 9.60. The Kier molecular flexibility index (Phi) is 4.47. The number of nitrogens with two attached hydrogens (primary N) is 1. The zero-order valence-electron chi connectivity index (χ0n) is 12.9. The van der Waals surface area contributed by atoms with Crippen molar-refractivity contribution in [2.45, 2.75) is 59.5 Å². The van der Waals surface area contributed by atoms with E-state index in [-0.39, 0.29) is 0 Å². The molecular weight excluding hydrogens is 250 g/mol. The van der Waals surface area contributed by atoms with Crippen molar-refractivity contribution in [1.29, 1.82) is 0 Å². The number of rotatable bonds is 6. The fourth-order valence-corrected chi connectivity index (χ4v) is 2.38. The van der Waals surface area contributed by atoms with Gasteiger partial charge in [-0.3, -0.25) is 9.36 Å². The SMILES string of the molecule is CCc1nn(Cc2ccn(C(C)CC)n2)c(CC)c1N. The molecule has 0 amide bonds. The van der Waals surface area contributed by atoms with Crippen molar-refractivity contribution in [3.63, 3.8) is 0 Å². The minimum Gasteiger partial charge on any atom is -0.396 e. The number of nitrogen functional groups attached to an aromatic ring is 1. The van der Waals surface area contributed by atoms with Crippen LogP contribution in [0.3, 0.4) is 0 Å². The van der Waals surface area contributed by atoms with Crippen LogP contribution in [0, 0.1) is 0 Å². The third-order valence-electron chi connectivity index (χ3n) is 3.86. The Labute approximate surface area is 120 Å². The average molecular weight is 275 g/mol. The van der Waals surface area contributed by atoms with E-state index in [1.54, 1.807) is 0 Å². The molecular formula is C15H25N5. The highest BCUT2D eigenvalue weighted by Gasteiger charge is 2.14. The van der Waals surface area contributed by atoms with Crippen LogP contribution >= 0.6 is 0 Å². The third kappa shape index (κ3) is 2.71. The summed E-state index contributed by atoms with van der Waals surface area (Å²) in [4.78, 5) is 0. The Morgan fingerprint density at radius 3 is 2.55 bits per heavy atom. The second-order valence-electron chi connectivity index (χ2n) is 5.22. The molecule has 2 rings (SSSR count). The standard InChI is InChI=1S/C15H25N5/c1-5-11(4)19-9-8-12(17-19)10-20-14(7-3)15(16)13(6-2)18-20/h8-9,11H,5-7,10,16H2,1-4H3. The van der Waals surface area contributed by atoms with Crippen molar-refractivity contribution in [2.75, 3.05) is 5.73 Å². The molecule has 2 aromatic heterocycles. The lowest BCUT2D eigenvalue weighted by molar-refractivity contribution is 0.470. The second kappa shape index (κ2) is 6.11. The van der Waals surface area contributed by atoms with Crippen LogP contribution in [0.25, 0.3) is 0 Å². The van der Waals surface area contributed by atoms with Crippen molar-refractivity contribution in [3.05, 3.63) is 29.3 Å². The number of hydrogen-bond acceptors (Lipinski definition) is 3. The Morgan fingerprint density at radius 2 is 1.95 bits per heavy atom. The molecule has 1 unspecified atom stereocenters. The van der Waals surface area contributed by atoms with Gasteiger partial charge in [-0.25, -0.2) is 0 Å². The summed E-state index contributed by atoms with van der Waals surface area (Å²) < 4.78 is 4.02. The molecule has 0 aliphatic carbocycles. The van der Waals surface area contributed by atoms with Gasteiger partial charge in [0, 0.05) is 12.2 Å². The van der Waals surface area contributed by atoms with E-state index in [1.165, 1.54) is 0 Å². The number of aromatic nitrogens is 4. The van der Waals surface area contributed by atoms with Crippen LogP contribution in [-0.2, 0) is 19.4 Å². The highest BCUT2D eigenvalue weighted by Crippen LogP contribution is 2.19. The topological polar surface area (TPSA) is 61.7 Å². The molecule has 0 spiro atoms. The lowest BCUT2D eigenvalue weighted by Crippen LogP contribution is -2.09. The fraction of sp³-hybridized carbons (Fsp3) is 0.600. The van der Waals surface area contributed by atoms with Crippen LogP contribution in [0.2, 0.25) is 0 Å². The molecule has 2 heterocycles. The molecule has 0 saturated heterocycles. The lowest BCUT2D eigenvalue weighted by atomic mass is 10.2. The molecule has 110 valence electrons. The van der Waals surface area contributed by atoms with Crippen molar-refractivity contribution < 1.29 is 0 Å². The fourth-order valence-electron chi connectivity index (χ4n) is 2.38. The molecule has 0 aromatic carbocycles. The van der Waals surface area contributed by atoms with E-state index < -0.39 is 0 Å². The van der Waals surface area contributed by atoms with Crippen LogP contribution in [0.15, 0.2) is 12.3 Å². The summed E-state index contributed by atoms with van der Waals surface area (Å²) in [6.45, 7) is 9.23. The molecule has 1 atom stereocenters. The molecule has 5 nitrogen and oxygen atoms in total. The van der Waals surface area contributed by atoms with E-state index in [2.05, 4.69) is 44.0 Å². The molecule has 0 radical (unpaired) electrons. The molecule has 0 fully saturated rings. The minimum atomic E-state index is 0.434. The van der Waals surface area contributed by atoms with E-state index in [9.17, 15) is 0 Å². The van der Waals surface area contributed by atoms with Crippen LogP contribution in [-0.4, -0.2) is 19.6 Å². The van der Waals surface area contributed by atoms with Gasteiger partial charge in [-0.1, -0.05) is 20.8 Å². The van der Waals surface area contributed by atoms with E-state index in [4.69, 9.17) is 5.73 Å². The van der Waals surface area contributed by atoms with Gasteiger partial charge >= 0.3 is 0 Å². The maximum Gasteiger partial charge on any atom is 0.0854 e. The summed E-state index contributed by atoms with van der Waals surface area (Å²) in [6, 6.07) is 2.50. The number of aryl methyl sites for hydroxylation is 1. The summed E-state index contributed by atoms with van der Waals surface area (Å²) in [5.74, 6) is 0. The zero-order valence-corrected chi connectivity index (χ0v) is 12.9. The quantitative estimate of drug-likeness (QED) is 0.881. The highest BCUT2D eigenvalue weighted by molar-refractivity contribution is 5.48.